The van der Waals surface area contributed by atoms with Crippen molar-refractivity contribution in [2.75, 3.05) is 14.2 Å². The summed E-state index contributed by atoms with van der Waals surface area (Å²) in [7, 11) is 2.91. The molecule has 2 aromatic heterocycles. The molecule has 2 heterocycles. The van der Waals surface area contributed by atoms with Crippen molar-refractivity contribution in [2.45, 2.75) is 38.8 Å². The summed E-state index contributed by atoms with van der Waals surface area (Å²) >= 11 is 0. The molecule has 39 heavy (non-hydrogen) atoms. The zero-order valence-electron chi connectivity index (χ0n) is 21.3. The number of aromatic hydroxyl groups is 1. The van der Waals surface area contributed by atoms with Gasteiger partial charge in [0, 0.05) is 5.69 Å². The Bertz CT molecular complexity index is 1520. The highest BCUT2D eigenvalue weighted by Gasteiger charge is 2.32. The van der Waals surface area contributed by atoms with Crippen molar-refractivity contribution in [2.24, 2.45) is 0 Å². The second-order valence-electron chi connectivity index (χ2n) is 8.70. The number of methoxy groups -OCH3 is 2. The van der Waals surface area contributed by atoms with Crippen LogP contribution in [0.15, 0.2) is 45.6 Å². The molecule has 0 amide bonds. The van der Waals surface area contributed by atoms with E-state index in [1.807, 2.05) is 6.92 Å². The number of benzene rings is 2. The van der Waals surface area contributed by atoms with E-state index in [0.29, 0.717) is 41.7 Å². The van der Waals surface area contributed by atoms with Crippen LogP contribution in [0.1, 0.15) is 42.5 Å². The molecule has 2 N–H and O–H groups in total. The van der Waals surface area contributed by atoms with Crippen LogP contribution in [-0.4, -0.2) is 34.5 Å². The number of aromatic amines is 1. The number of nitrogens with zero attached hydrogens (tertiary/aromatic N) is 2. The SMILES string of the molecule is CCCCc1[nH]c(=O)c(-c2nnc(Cc3cc(F)cc(C(F)(F)F)c3)o2)c(O)c1-c1c(OC)cccc1OC. The van der Waals surface area contributed by atoms with E-state index in [0.717, 1.165) is 18.6 Å². The maximum atomic E-state index is 13.8. The molecule has 8 nitrogen and oxygen atoms in total. The Morgan fingerprint density at radius 3 is 2.33 bits per heavy atom. The molecule has 0 spiro atoms. The van der Waals surface area contributed by atoms with Gasteiger partial charge in [-0.1, -0.05) is 19.4 Å². The van der Waals surface area contributed by atoms with E-state index in [2.05, 4.69) is 15.2 Å². The molecule has 206 valence electrons. The summed E-state index contributed by atoms with van der Waals surface area (Å²) in [6.07, 6.45) is -3.14. The van der Waals surface area contributed by atoms with Gasteiger partial charge in [0.25, 0.3) is 11.4 Å². The van der Waals surface area contributed by atoms with Crippen LogP contribution >= 0.6 is 0 Å². The molecular weight excluding hydrogens is 522 g/mol. The Hall–Kier alpha value is -4.35. The molecule has 2 aromatic carbocycles. The van der Waals surface area contributed by atoms with E-state index >= 15 is 0 Å². The summed E-state index contributed by atoms with van der Waals surface area (Å²) < 4.78 is 69.7. The molecule has 0 fully saturated rings. The lowest BCUT2D eigenvalue weighted by Crippen LogP contribution is -2.14. The van der Waals surface area contributed by atoms with Crippen molar-refractivity contribution in [3.05, 3.63) is 75.3 Å². The first kappa shape index (κ1) is 27.7. The zero-order valence-corrected chi connectivity index (χ0v) is 21.3. The molecule has 0 aliphatic heterocycles. The number of H-pyrrole nitrogens is 1. The predicted molar refractivity (Wildman–Crippen MR) is 133 cm³/mol. The predicted octanol–water partition coefficient (Wildman–Crippen LogP) is 5.91. The quantitative estimate of drug-likeness (QED) is 0.251. The first-order chi connectivity index (χ1) is 18.6. The van der Waals surface area contributed by atoms with Crippen LogP contribution in [0.2, 0.25) is 0 Å². The normalized spacial score (nSPS) is 11.6. The number of pyridine rings is 1. The molecule has 0 saturated carbocycles. The smallest absolute Gasteiger partial charge is 0.416 e. The van der Waals surface area contributed by atoms with Crippen LogP contribution in [-0.2, 0) is 19.0 Å². The largest absolute Gasteiger partial charge is 0.506 e. The van der Waals surface area contributed by atoms with E-state index in [1.165, 1.54) is 14.2 Å². The molecule has 4 aromatic rings. The summed E-state index contributed by atoms with van der Waals surface area (Å²) in [5, 5.41) is 19.1. The fourth-order valence-corrected chi connectivity index (χ4v) is 4.26. The van der Waals surface area contributed by atoms with E-state index in [4.69, 9.17) is 13.9 Å². The van der Waals surface area contributed by atoms with Crippen LogP contribution in [0.5, 0.6) is 17.2 Å². The van der Waals surface area contributed by atoms with Crippen LogP contribution < -0.4 is 15.0 Å². The van der Waals surface area contributed by atoms with Crippen LogP contribution in [0.3, 0.4) is 0 Å². The van der Waals surface area contributed by atoms with Crippen molar-refractivity contribution in [1.29, 1.82) is 0 Å². The minimum atomic E-state index is -4.74. The number of ether oxygens (including phenoxy) is 2. The summed E-state index contributed by atoms with van der Waals surface area (Å²) in [5.41, 5.74) is -1.21. The van der Waals surface area contributed by atoms with Gasteiger partial charge in [-0.3, -0.25) is 4.79 Å². The lowest BCUT2D eigenvalue weighted by Gasteiger charge is -2.18. The Morgan fingerprint density at radius 2 is 1.72 bits per heavy atom. The number of hydrogen-bond donors (Lipinski definition) is 2. The van der Waals surface area contributed by atoms with Gasteiger partial charge < -0.3 is 24.0 Å². The molecule has 4 rings (SSSR count). The van der Waals surface area contributed by atoms with E-state index < -0.39 is 28.9 Å². The Labute approximate surface area is 220 Å². The Balaban J connectivity index is 1.83. The maximum Gasteiger partial charge on any atom is 0.416 e. The average Bonchev–Trinajstić information content (AvgIpc) is 3.33. The zero-order chi connectivity index (χ0) is 28.3. The van der Waals surface area contributed by atoms with Crippen molar-refractivity contribution in [3.8, 4) is 39.8 Å². The second-order valence-corrected chi connectivity index (χ2v) is 8.70. The molecule has 0 bridgehead atoms. The third kappa shape index (κ3) is 5.74. The lowest BCUT2D eigenvalue weighted by atomic mass is 9.96. The van der Waals surface area contributed by atoms with E-state index in [-0.39, 0.29) is 34.9 Å². The number of alkyl halides is 3. The van der Waals surface area contributed by atoms with Gasteiger partial charge in [0.2, 0.25) is 5.89 Å². The maximum absolute atomic E-state index is 13.8. The van der Waals surface area contributed by atoms with E-state index in [1.54, 1.807) is 18.2 Å². The molecule has 0 atom stereocenters. The molecule has 0 radical (unpaired) electrons. The molecule has 0 saturated heterocycles. The second kappa shape index (κ2) is 11.2. The van der Waals surface area contributed by atoms with Crippen molar-refractivity contribution in [1.82, 2.24) is 15.2 Å². The minimum Gasteiger partial charge on any atom is -0.506 e. The fourth-order valence-electron chi connectivity index (χ4n) is 4.26. The number of aromatic nitrogens is 3. The van der Waals surface area contributed by atoms with Gasteiger partial charge in [-0.15, -0.1) is 10.2 Å². The number of halogens is 4. The highest BCUT2D eigenvalue weighted by Crippen LogP contribution is 2.46. The van der Waals surface area contributed by atoms with Gasteiger partial charge in [-0.2, -0.15) is 13.2 Å². The molecule has 0 aliphatic carbocycles. The van der Waals surface area contributed by atoms with Gasteiger partial charge >= 0.3 is 6.18 Å². The summed E-state index contributed by atoms with van der Waals surface area (Å²) in [6.45, 7) is 1.98. The molecule has 0 unspecified atom stereocenters. The van der Waals surface area contributed by atoms with E-state index in [9.17, 15) is 27.5 Å². The van der Waals surface area contributed by atoms with Gasteiger partial charge in [-0.25, -0.2) is 4.39 Å². The van der Waals surface area contributed by atoms with Crippen molar-refractivity contribution >= 4 is 0 Å². The first-order valence-corrected chi connectivity index (χ1v) is 12.0. The molecule has 0 aliphatic rings. The van der Waals surface area contributed by atoms with Gasteiger partial charge in [-0.05, 0) is 48.7 Å². The highest BCUT2D eigenvalue weighted by atomic mass is 19.4. The van der Waals surface area contributed by atoms with Gasteiger partial charge in [0.1, 0.15) is 28.6 Å². The van der Waals surface area contributed by atoms with Crippen molar-refractivity contribution in [3.63, 3.8) is 0 Å². The fraction of sp³-hybridized carbons (Fsp3) is 0.296. The number of hydrogen-bond acceptors (Lipinski definition) is 7. The third-order valence-corrected chi connectivity index (χ3v) is 6.05. The topological polar surface area (TPSA) is 110 Å². The molecule has 12 heteroatoms. The summed E-state index contributed by atoms with van der Waals surface area (Å²) in [4.78, 5) is 15.9. The number of aryl methyl sites for hydroxylation is 1. The number of rotatable bonds is 9. The van der Waals surface area contributed by atoms with Gasteiger partial charge in [0.15, 0.2) is 0 Å². The van der Waals surface area contributed by atoms with Gasteiger partial charge in [0.05, 0.1) is 37.3 Å². The Morgan fingerprint density at radius 1 is 1.03 bits per heavy atom. The highest BCUT2D eigenvalue weighted by molar-refractivity contribution is 5.86. The van der Waals surface area contributed by atoms with Crippen LogP contribution in [0, 0.1) is 5.82 Å². The minimum absolute atomic E-state index is 0.0648. The number of nitrogens with one attached hydrogen (secondary N) is 1. The summed E-state index contributed by atoms with van der Waals surface area (Å²) in [5.74, 6) is -1.35. The summed E-state index contributed by atoms with van der Waals surface area (Å²) in [6, 6.07) is 7.12. The lowest BCUT2D eigenvalue weighted by molar-refractivity contribution is -0.137. The monoisotopic (exact) mass is 547 g/mol. The molecular formula is C27H25F4N3O5. The third-order valence-electron chi connectivity index (χ3n) is 6.05. The van der Waals surface area contributed by atoms with Crippen LogP contribution in [0.25, 0.3) is 22.6 Å². The first-order valence-electron chi connectivity index (χ1n) is 12.0. The van der Waals surface area contributed by atoms with Crippen LogP contribution in [0.4, 0.5) is 17.6 Å². The average molecular weight is 548 g/mol. The standard InChI is InChI=1S/C27H25F4N3O5/c1-4-5-7-17-21(22-18(37-2)8-6-9-19(22)38-3)24(35)23(25(36)32-17)26-34-33-20(39-26)12-14-10-15(27(29,30)31)13-16(28)11-14/h6,8-11,13H,4-5,7,12H2,1-3H3,(H2,32,35,36). The number of unbranched alkanes of at least 4 members (excludes halogenated alkanes) is 1. The Kier molecular flexibility index (Phi) is 7.93. The van der Waals surface area contributed by atoms with Crippen molar-refractivity contribution < 1.29 is 36.6 Å².